The van der Waals surface area contributed by atoms with Crippen LogP contribution in [0.4, 0.5) is 0 Å². The molecule has 4 aromatic carbocycles. The van der Waals surface area contributed by atoms with Gasteiger partial charge in [0.2, 0.25) is 17.6 Å². The lowest BCUT2D eigenvalue weighted by atomic mass is 9.92. The number of rotatable bonds is 28. The van der Waals surface area contributed by atoms with Gasteiger partial charge in [0.25, 0.3) is 17.7 Å². The van der Waals surface area contributed by atoms with Crippen LogP contribution in [-0.4, -0.2) is 126 Å². The number of unbranched alkanes of at least 4 members (excludes halogenated alkanes) is 3. The average molecular weight is 1020 g/mol. The predicted molar refractivity (Wildman–Crippen MR) is 277 cm³/mol. The zero-order chi connectivity index (χ0) is 52.6. The SMILES string of the molecule is CC[C@H](CN1CCCC[C@H]1CO[C@H](CCc1ccc(OC)c(OC)c1)c1ccccc1OCC(=O)NCCCCCCOc1cccc2c1C(=O)N(C1CCC(=O)NC1=O)C2=O)c1cc(OC)c(OC)c(OC)c1. The molecule has 2 saturated heterocycles. The van der Waals surface area contributed by atoms with Crippen molar-refractivity contribution in [3.63, 3.8) is 0 Å². The van der Waals surface area contributed by atoms with Crippen LogP contribution in [0.5, 0.6) is 40.2 Å². The Morgan fingerprint density at radius 1 is 0.743 bits per heavy atom. The highest BCUT2D eigenvalue weighted by molar-refractivity contribution is 6.24. The number of fused-ring (bicyclic) bond motifs is 1. The third-order valence-electron chi connectivity index (χ3n) is 14.2. The standard InChI is InChI=1S/C57H72N4O13/c1-7-38(39-32-49(69-4)54(71-6)50(33-39)70-5)34-60-29-14-12-17-40(60)35-73-45(25-22-37-23-26-46(67-2)48(31-37)68-3)41-18-10-11-20-44(41)74-36-52(63)58-28-13-8-9-15-30-72-47-21-16-19-42-53(47)57(66)61(56(42)65)43-24-27-51(62)59-55(43)64/h10-11,16,18-21,23,26,31-33,38,40,43,45H,7-9,12-15,17,22,24-25,27-30,34-36H2,1-6H3,(H,58,63)(H,59,62,64)/t38-,40+,43?,45-/m1/s1. The van der Waals surface area contributed by atoms with E-state index in [-0.39, 0.29) is 60.3 Å². The summed E-state index contributed by atoms with van der Waals surface area (Å²) >= 11 is 0. The van der Waals surface area contributed by atoms with Gasteiger partial charge in [0.1, 0.15) is 17.5 Å². The van der Waals surface area contributed by atoms with Gasteiger partial charge < -0.3 is 43.2 Å². The number of hydrogen-bond acceptors (Lipinski definition) is 14. The van der Waals surface area contributed by atoms with Crippen molar-refractivity contribution in [1.29, 1.82) is 0 Å². The molecule has 1 unspecified atom stereocenters. The largest absolute Gasteiger partial charge is 0.493 e. The Balaban J connectivity index is 0.921. The number of piperidine rings is 2. The normalized spacial score (nSPS) is 17.5. The Labute approximate surface area is 434 Å². The lowest BCUT2D eigenvalue weighted by Crippen LogP contribution is -2.54. The summed E-state index contributed by atoms with van der Waals surface area (Å²) in [7, 11) is 8.16. The number of carbonyl (C=O) groups is 5. The van der Waals surface area contributed by atoms with Crippen molar-refractivity contribution in [3.05, 3.63) is 101 Å². The van der Waals surface area contributed by atoms with Crippen LogP contribution in [-0.2, 0) is 25.5 Å². The molecule has 2 N–H and O–H groups in total. The second kappa shape index (κ2) is 26.9. The molecule has 0 aromatic heterocycles. The molecular formula is C57H72N4O13. The fraction of sp³-hybridized carbons (Fsp3) is 0.491. The first-order valence-corrected chi connectivity index (χ1v) is 25.8. The highest BCUT2D eigenvalue weighted by Gasteiger charge is 2.46. The van der Waals surface area contributed by atoms with Crippen LogP contribution in [0, 0.1) is 0 Å². The first kappa shape index (κ1) is 54.9. The molecule has 17 nitrogen and oxygen atoms in total. The van der Waals surface area contributed by atoms with Crippen LogP contribution in [0.2, 0.25) is 0 Å². The Morgan fingerprint density at radius 2 is 1.49 bits per heavy atom. The molecular weight excluding hydrogens is 949 g/mol. The molecule has 2 fully saturated rings. The Bertz CT molecular complexity index is 2560. The van der Waals surface area contributed by atoms with Gasteiger partial charge in [0, 0.05) is 31.1 Å². The summed E-state index contributed by atoms with van der Waals surface area (Å²) in [4.78, 5) is 67.4. The number of amides is 5. The zero-order valence-corrected chi connectivity index (χ0v) is 43.7. The van der Waals surface area contributed by atoms with Gasteiger partial charge in [-0.1, -0.05) is 56.5 Å². The van der Waals surface area contributed by atoms with Crippen molar-refractivity contribution in [2.24, 2.45) is 0 Å². The number of benzene rings is 4. The van der Waals surface area contributed by atoms with Crippen LogP contribution in [0.25, 0.3) is 0 Å². The number of imide groups is 2. The molecule has 17 heteroatoms. The van der Waals surface area contributed by atoms with Gasteiger partial charge in [-0.05, 0) is 117 Å². The molecule has 0 aliphatic carbocycles. The van der Waals surface area contributed by atoms with E-state index < -0.39 is 29.7 Å². The summed E-state index contributed by atoms with van der Waals surface area (Å²) in [5.74, 6) is 1.78. The van der Waals surface area contributed by atoms with E-state index in [1.165, 1.54) is 6.07 Å². The molecule has 3 aliphatic rings. The zero-order valence-electron chi connectivity index (χ0n) is 43.7. The van der Waals surface area contributed by atoms with E-state index in [0.717, 1.165) is 79.6 Å². The average Bonchev–Trinajstić information content (AvgIpc) is 3.68. The summed E-state index contributed by atoms with van der Waals surface area (Å²) in [5.41, 5.74) is 3.38. The number of carbonyl (C=O) groups excluding carboxylic acids is 5. The van der Waals surface area contributed by atoms with Crippen molar-refractivity contribution in [1.82, 2.24) is 20.4 Å². The molecule has 0 bridgehead atoms. The summed E-state index contributed by atoms with van der Waals surface area (Å²) in [6, 6.07) is 21.8. The smallest absolute Gasteiger partial charge is 0.266 e. The summed E-state index contributed by atoms with van der Waals surface area (Å²) in [5, 5.41) is 5.20. The van der Waals surface area contributed by atoms with Gasteiger partial charge in [-0.3, -0.25) is 39.1 Å². The number of nitrogens with zero attached hydrogens (tertiary/aromatic N) is 2. The third-order valence-corrected chi connectivity index (χ3v) is 14.2. The number of ether oxygens (including phenoxy) is 8. The first-order valence-electron chi connectivity index (χ1n) is 25.8. The molecule has 7 rings (SSSR count). The Hall–Kier alpha value is -6.85. The molecule has 5 amide bonds. The topological polar surface area (TPSA) is 190 Å². The molecule has 0 spiro atoms. The quantitative estimate of drug-likeness (QED) is 0.0411. The van der Waals surface area contributed by atoms with Crippen LogP contribution in [0.1, 0.15) is 127 Å². The van der Waals surface area contributed by atoms with E-state index in [4.69, 9.17) is 37.9 Å². The van der Waals surface area contributed by atoms with E-state index in [9.17, 15) is 24.0 Å². The molecule has 3 aliphatic heterocycles. The molecule has 4 atom stereocenters. The molecule has 0 radical (unpaired) electrons. The predicted octanol–water partition coefficient (Wildman–Crippen LogP) is 8.00. The van der Waals surface area contributed by atoms with E-state index in [0.29, 0.717) is 73.5 Å². The molecule has 0 saturated carbocycles. The minimum Gasteiger partial charge on any atom is -0.493 e. The third kappa shape index (κ3) is 13.5. The van der Waals surface area contributed by atoms with Gasteiger partial charge in [-0.2, -0.15) is 0 Å². The van der Waals surface area contributed by atoms with E-state index in [1.807, 2.05) is 42.5 Å². The number of aryl methyl sites for hydroxylation is 1. The number of methoxy groups -OCH3 is 5. The number of hydrogen-bond donors (Lipinski definition) is 2. The molecule has 4 aromatic rings. The van der Waals surface area contributed by atoms with Crippen molar-refractivity contribution < 1.29 is 61.9 Å². The van der Waals surface area contributed by atoms with Crippen LogP contribution >= 0.6 is 0 Å². The van der Waals surface area contributed by atoms with Gasteiger partial charge in [-0.15, -0.1) is 0 Å². The van der Waals surface area contributed by atoms with Crippen LogP contribution < -0.4 is 43.8 Å². The highest BCUT2D eigenvalue weighted by Crippen LogP contribution is 2.42. The molecule has 3 heterocycles. The summed E-state index contributed by atoms with van der Waals surface area (Å²) in [6.45, 7) is 5.16. The lowest BCUT2D eigenvalue weighted by Gasteiger charge is -2.38. The second-order valence-corrected chi connectivity index (χ2v) is 18.8. The maximum absolute atomic E-state index is 13.4. The van der Waals surface area contributed by atoms with E-state index in [2.05, 4.69) is 34.6 Å². The Kier molecular flexibility index (Phi) is 20.0. The van der Waals surface area contributed by atoms with Crippen molar-refractivity contribution in [2.75, 3.05) is 75.0 Å². The van der Waals surface area contributed by atoms with Crippen LogP contribution in [0.15, 0.2) is 72.8 Å². The van der Waals surface area contributed by atoms with Gasteiger partial charge in [0.05, 0.1) is 66.0 Å². The number of para-hydroxylation sites is 1. The van der Waals surface area contributed by atoms with Gasteiger partial charge in [-0.25, -0.2) is 0 Å². The summed E-state index contributed by atoms with van der Waals surface area (Å²) in [6.07, 6.45) is 8.33. The van der Waals surface area contributed by atoms with Crippen molar-refractivity contribution in [3.8, 4) is 40.2 Å². The van der Waals surface area contributed by atoms with E-state index >= 15 is 0 Å². The fourth-order valence-corrected chi connectivity index (χ4v) is 10.1. The minimum absolute atomic E-state index is 0.0448. The molecule has 74 heavy (non-hydrogen) atoms. The number of likely N-dealkylation sites (tertiary alicyclic amines) is 1. The first-order chi connectivity index (χ1) is 36.0. The lowest BCUT2D eigenvalue weighted by molar-refractivity contribution is -0.136. The maximum Gasteiger partial charge on any atom is 0.266 e. The highest BCUT2D eigenvalue weighted by atomic mass is 16.5. The van der Waals surface area contributed by atoms with Crippen molar-refractivity contribution in [2.45, 2.75) is 108 Å². The Morgan fingerprint density at radius 3 is 2.22 bits per heavy atom. The molecule has 398 valence electrons. The van der Waals surface area contributed by atoms with E-state index in [1.54, 1.807) is 47.7 Å². The van der Waals surface area contributed by atoms with Gasteiger partial charge in [0.15, 0.2) is 29.6 Å². The fourth-order valence-electron chi connectivity index (χ4n) is 10.1. The maximum atomic E-state index is 13.4. The van der Waals surface area contributed by atoms with Crippen molar-refractivity contribution >= 4 is 29.5 Å². The second-order valence-electron chi connectivity index (χ2n) is 18.8. The summed E-state index contributed by atoms with van der Waals surface area (Å²) < 4.78 is 47.4. The van der Waals surface area contributed by atoms with Crippen LogP contribution in [0.3, 0.4) is 0 Å². The van der Waals surface area contributed by atoms with Gasteiger partial charge >= 0.3 is 0 Å². The monoisotopic (exact) mass is 1020 g/mol. The minimum atomic E-state index is -1.05. The number of nitrogens with one attached hydrogen (secondary N) is 2.